The minimum absolute atomic E-state index is 0.0175. The highest BCUT2D eigenvalue weighted by Gasteiger charge is 2.16. The molecule has 0 fully saturated rings. The lowest BCUT2D eigenvalue weighted by Gasteiger charge is -2.13. The molecule has 0 aliphatic carbocycles. The number of carbonyl (C=O) groups is 1. The Kier molecular flexibility index (Phi) is 3.85. The molecule has 0 bridgehead atoms. The quantitative estimate of drug-likeness (QED) is 0.756. The molecular formula is C18H16N2O3. The third-order valence-corrected chi connectivity index (χ3v) is 3.75. The average molecular weight is 308 g/mol. The van der Waals surface area contributed by atoms with Crippen LogP contribution in [0.5, 0.6) is 0 Å². The van der Waals surface area contributed by atoms with Gasteiger partial charge < -0.3 is 14.6 Å². The number of pyridine rings is 1. The Morgan fingerprint density at radius 1 is 1.09 bits per heavy atom. The van der Waals surface area contributed by atoms with Crippen LogP contribution in [0, 0.1) is 0 Å². The lowest BCUT2D eigenvalue weighted by Crippen LogP contribution is -2.19. The zero-order valence-electron chi connectivity index (χ0n) is 12.9. The van der Waals surface area contributed by atoms with Gasteiger partial charge in [0.25, 0.3) is 0 Å². The van der Waals surface area contributed by atoms with Gasteiger partial charge in [0.2, 0.25) is 5.43 Å². The molecule has 3 rings (SSSR count). The topological polar surface area (TPSA) is 60.3 Å². The number of carbonyl (C=O) groups excluding carboxylic acids is 1. The van der Waals surface area contributed by atoms with Gasteiger partial charge >= 0.3 is 5.97 Å². The number of rotatable bonds is 3. The summed E-state index contributed by atoms with van der Waals surface area (Å²) in [6, 6.07) is 14.9. The van der Waals surface area contributed by atoms with Crippen LogP contribution < -0.4 is 10.7 Å². The molecule has 1 heterocycles. The van der Waals surface area contributed by atoms with Crippen LogP contribution in [0.25, 0.3) is 16.6 Å². The first kappa shape index (κ1) is 14.8. The van der Waals surface area contributed by atoms with E-state index in [2.05, 4.69) is 5.32 Å². The van der Waals surface area contributed by atoms with Crippen molar-refractivity contribution in [2.24, 2.45) is 0 Å². The van der Waals surface area contributed by atoms with Crippen molar-refractivity contribution in [1.29, 1.82) is 0 Å². The first-order valence-electron chi connectivity index (χ1n) is 7.16. The van der Waals surface area contributed by atoms with E-state index >= 15 is 0 Å². The van der Waals surface area contributed by atoms with Crippen LogP contribution in [-0.4, -0.2) is 24.7 Å². The van der Waals surface area contributed by atoms with Gasteiger partial charge in [0, 0.05) is 30.0 Å². The second-order valence-corrected chi connectivity index (χ2v) is 5.05. The summed E-state index contributed by atoms with van der Waals surface area (Å²) in [5, 5.41) is 3.54. The number of methoxy groups -OCH3 is 1. The van der Waals surface area contributed by atoms with Gasteiger partial charge in [0.05, 0.1) is 12.6 Å². The van der Waals surface area contributed by atoms with Gasteiger partial charge in [-0.15, -0.1) is 0 Å². The van der Waals surface area contributed by atoms with Crippen molar-refractivity contribution < 1.29 is 9.53 Å². The number of ether oxygens (including phenoxy) is 1. The van der Waals surface area contributed by atoms with Gasteiger partial charge in [-0.05, 0) is 36.4 Å². The molecular weight excluding hydrogens is 292 g/mol. The zero-order chi connectivity index (χ0) is 16.4. The molecule has 1 aromatic heterocycles. The second-order valence-electron chi connectivity index (χ2n) is 5.05. The Labute approximate surface area is 133 Å². The van der Waals surface area contributed by atoms with Crippen molar-refractivity contribution >= 4 is 22.6 Å². The largest absolute Gasteiger partial charge is 0.465 e. The van der Waals surface area contributed by atoms with Crippen molar-refractivity contribution in [2.75, 3.05) is 19.5 Å². The highest BCUT2D eigenvalue weighted by molar-refractivity contribution is 5.94. The zero-order valence-corrected chi connectivity index (χ0v) is 12.9. The monoisotopic (exact) mass is 308 g/mol. The van der Waals surface area contributed by atoms with E-state index in [0.29, 0.717) is 5.39 Å². The first-order chi connectivity index (χ1) is 11.2. The van der Waals surface area contributed by atoms with Crippen molar-refractivity contribution in [3.63, 3.8) is 0 Å². The smallest absolute Gasteiger partial charge is 0.343 e. The Morgan fingerprint density at radius 3 is 2.43 bits per heavy atom. The van der Waals surface area contributed by atoms with Crippen molar-refractivity contribution in [1.82, 2.24) is 4.57 Å². The number of nitrogens with zero attached hydrogens (tertiary/aromatic N) is 1. The number of esters is 1. The van der Waals surface area contributed by atoms with Gasteiger partial charge in [-0.1, -0.05) is 12.1 Å². The molecule has 0 saturated heterocycles. The summed E-state index contributed by atoms with van der Waals surface area (Å²) in [7, 11) is 3.11. The van der Waals surface area contributed by atoms with E-state index in [1.165, 1.54) is 13.3 Å². The fraction of sp³-hybridized carbons (Fsp3) is 0.111. The second kappa shape index (κ2) is 5.96. The SMILES string of the molecule is CNc1ccc(-n2cc(C(=O)OC)c(=O)c3ccccc32)cc1. The van der Waals surface area contributed by atoms with Crippen LogP contribution in [0.15, 0.2) is 59.5 Å². The van der Waals surface area contributed by atoms with Gasteiger partial charge in [0.1, 0.15) is 5.56 Å². The minimum Gasteiger partial charge on any atom is -0.465 e. The van der Waals surface area contributed by atoms with Crippen LogP contribution in [0.2, 0.25) is 0 Å². The molecule has 0 saturated carbocycles. The molecule has 5 nitrogen and oxygen atoms in total. The van der Waals surface area contributed by atoms with E-state index in [-0.39, 0.29) is 11.0 Å². The third-order valence-electron chi connectivity index (χ3n) is 3.75. The third kappa shape index (κ3) is 2.57. The minimum atomic E-state index is -0.638. The number of hydrogen-bond acceptors (Lipinski definition) is 4. The van der Waals surface area contributed by atoms with E-state index in [9.17, 15) is 9.59 Å². The molecule has 2 aromatic carbocycles. The summed E-state index contributed by atoms with van der Waals surface area (Å²) in [6.45, 7) is 0. The fourth-order valence-electron chi connectivity index (χ4n) is 2.54. The maximum absolute atomic E-state index is 12.5. The molecule has 23 heavy (non-hydrogen) atoms. The van der Waals surface area contributed by atoms with E-state index in [0.717, 1.165) is 16.9 Å². The summed E-state index contributed by atoms with van der Waals surface area (Å²) in [6.07, 6.45) is 1.53. The van der Waals surface area contributed by atoms with Crippen molar-refractivity contribution in [3.8, 4) is 5.69 Å². The highest BCUT2D eigenvalue weighted by atomic mass is 16.5. The molecule has 0 aliphatic heterocycles. The van der Waals surface area contributed by atoms with Gasteiger partial charge in [-0.25, -0.2) is 4.79 Å². The fourth-order valence-corrected chi connectivity index (χ4v) is 2.54. The summed E-state index contributed by atoms with van der Waals surface area (Å²) >= 11 is 0. The number of fused-ring (bicyclic) bond motifs is 1. The lowest BCUT2D eigenvalue weighted by atomic mass is 10.1. The predicted octanol–water partition coefficient (Wildman–Crippen LogP) is 2.82. The van der Waals surface area contributed by atoms with Crippen LogP contribution in [0.4, 0.5) is 5.69 Å². The number of para-hydroxylation sites is 1. The van der Waals surface area contributed by atoms with Gasteiger partial charge in [-0.3, -0.25) is 4.79 Å². The van der Waals surface area contributed by atoms with Crippen LogP contribution in [0.3, 0.4) is 0 Å². The Bertz CT molecular complexity index is 927. The van der Waals surface area contributed by atoms with E-state index in [1.54, 1.807) is 12.1 Å². The summed E-state index contributed by atoms with van der Waals surface area (Å²) in [5.41, 5.74) is 2.26. The highest BCUT2D eigenvalue weighted by Crippen LogP contribution is 2.19. The summed E-state index contributed by atoms with van der Waals surface area (Å²) in [5.74, 6) is -0.638. The predicted molar refractivity (Wildman–Crippen MR) is 90.4 cm³/mol. The molecule has 0 aliphatic rings. The average Bonchev–Trinajstić information content (AvgIpc) is 2.62. The molecule has 0 amide bonds. The first-order valence-corrected chi connectivity index (χ1v) is 7.16. The van der Waals surface area contributed by atoms with E-state index in [1.807, 2.05) is 48.0 Å². The number of aromatic nitrogens is 1. The van der Waals surface area contributed by atoms with Crippen LogP contribution in [0.1, 0.15) is 10.4 Å². The van der Waals surface area contributed by atoms with Crippen LogP contribution in [-0.2, 0) is 4.74 Å². The van der Waals surface area contributed by atoms with Crippen molar-refractivity contribution in [2.45, 2.75) is 0 Å². The maximum atomic E-state index is 12.5. The molecule has 0 atom stereocenters. The normalized spacial score (nSPS) is 10.5. The molecule has 3 aromatic rings. The van der Waals surface area contributed by atoms with E-state index < -0.39 is 5.97 Å². The number of anilines is 1. The molecule has 116 valence electrons. The molecule has 0 radical (unpaired) electrons. The van der Waals surface area contributed by atoms with Gasteiger partial charge in [0.15, 0.2) is 0 Å². The van der Waals surface area contributed by atoms with E-state index in [4.69, 9.17) is 4.74 Å². The molecule has 0 unspecified atom stereocenters. The number of benzene rings is 2. The molecule has 0 spiro atoms. The lowest BCUT2D eigenvalue weighted by molar-refractivity contribution is 0.0599. The Morgan fingerprint density at radius 2 is 1.78 bits per heavy atom. The summed E-state index contributed by atoms with van der Waals surface area (Å²) in [4.78, 5) is 24.4. The standard InChI is InChI=1S/C18H16N2O3/c1-19-12-7-9-13(10-8-12)20-11-15(18(22)23-2)17(21)14-5-3-4-6-16(14)20/h3-11,19H,1-2H3. The maximum Gasteiger partial charge on any atom is 0.343 e. The van der Waals surface area contributed by atoms with Crippen LogP contribution >= 0.6 is 0 Å². The van der Waals surface area contributed by atoms with Gasteiger partial charge in [-0.2, -0.15) is 0 Å². The van der Waals surface area contributed by atoms with Crippen molar-refractivity contribution in [3.05, 3.63) is 70.5 Å². The summed E-state index contributed by atoms with van der Waals surface area (Å²) < 4.78 is 6.55. The Balaban J connectivity index is 2.32. The number of hydrogen-bond donors (Lipinski definition) is 1. The molecule has 1 N–H and O–H groups in total. The molecule has 5 heteroatoms. The number of nitrogens with one attached hydrogen (secondary N) is 1. The Hall–Kier alpha value is -3.08.